The SMILES string of the molecule is O=C1CCC(Sc2cccc3cc4cc5cc6ccccc6cc5cc4cc23)CC1. The zero-order chi connectivity index (χ0) is 20.1. The Morgan fingerprint density at radius 2 is 1.13 bits per heavy atom. The van der Waals surface area contributed by atoms with Crippen LogP contribution in [-0.2, 0) is 4.79 Å². The van der Waals surface area contributed by atoms with E-state index in [4.69, 9.17) is 0 Å². The van der Waals surface area contributed by atoms with Crippen LogP contribution >= 0.6 is 11.8 Å². The van der Waals surface area contributed by atoms with E-state index in [-0.39, 0.29) is 0 Å². The van der Waals surface area contributed by atoms with E-state index in [2.05, 4.69) is 78.9 Å². The van der Waals surface area contributed by atoms with Gasteiger partial charge < -0.3 is 0 Å². The molecule has 0 aromatic heterocycles. The Kier molecular flexibility index (Phi) is 4.28. The highest BCUT2D eigenvalue weighted by Gasteiger charge is 2.20. The van der Waals surface area contributed by atoms with E-state index in [0.29, 0.717) is 11.0 Å². The molecular weight excluding hydrogens is 384 g/mol. The molecule has 0 bridgehead atoms. The number of Topliss-reactive ketones (excluding diaryl/α,β-unsaturated/α-hetero) is 1. The molecule has 1 saturated carbocycles. The second kappa shape index (κ2) is 7.14. The van der Waals surface area contributed by atoms with Crippen LogP contribution in [0.1, 0.15) is 25.7 Å². The number of ketones is 1. The van der Waals surface area contributed by atoms with E-state index in [9.17, 15) is 4.79 Å². The fraction of sp³-hybridized carbons (Fsp3) is 0.179. The van der Waals surface area contributed by atoms with Crippen LogP contribution < -0.4 is 0 Å². The van der Waals surface area contributed by atoms with Crippen LogP contribution in [-0.4, -0.2) is 11.0 Å². The molecule has 1 nitrogen and oxygen atoms in total. The first-order valence-electron chi connectivity index (χ1n) is 10.7. The van der Waals surface area contributed by atoms with Gasteiger partial charge in [-0.15, -0.1) is 11.8 Å². The molecule has 2 heteroatoms. The maximum absolute atomic E-state index is 11.6. The van der Waals surface area contributed by atoms with Crippen LogP contribution in [0.5, 0.6) is 0 Å². The smallest absolute Gasteiger partial charge is 0.132 e. The third kappa shape index (κ3) is 3.16. The summed E-state index contributed by atoms with van der Waals surface area (Å²) >= 11 is 1.96. The molecule has 0 unspecified atom stereocenters. The lowest BCUT2D eigenvalue weighted by Crippen LogP contribution is -2.15. The highest BCUT2D eigenvalue weighted by atomic mass is 32.2. The normalized spacial score (nSPS) is 15.5. The zero-order valence-electron chi connectivity index (χ0n) is 16.7. The molecule has 1 aliphatic rings. The molecular formula is C28H22OS. The van der Waals surface area contributed by atoms with Crippen LogP contribution in [0.3, 0.4) is 0 Å². The van der Waals surface area contributed by atoms with Crippen molar-refractivity contribution in [2.75, 3.05) is 0 Å². The first kappa shape index (κ1) is 18.0. The molecule has 0 heterocycles. The van der Waals surface area contributed by atoms with Gasteiger partial charge in [-0.3, -0.25) is 4.79 Å². The number of hydrogen-bond donors (Lipinski definition) is 0. The minimum Gasteiger partial charge on any atom is -0.300 e. The third-order valence-electron chi connectivity index (χ3n) is 6.40. The third-order valence-corrected chi connectivity index (χ3v) is 7.82. The Balaban J connectivity index is 1.49. The minimum absolute atomic E-state index is 0.426. The standard InChI is InChI=1S/C28H22OS/c29-25-8-10-26(11-9-25)30-28-7-3-6-20-14-23-15-21-12-18-4-1-2-5-19(18)13-22(21)16-24(23)17-27(20)28/h1-7,12-17,26H,8-11H2. The maximum Gasteiger partial charge on any atom is 0.132 e. The van der Waals surface area contributed by atoms with Gasteiger partial charge in [0.15, 0.2) is 0 Å². The number of rotatable bonds is 2. The van der Waals surface area contributed by atoms with Gasteiger partial charge in [0, 0.05) is 23.0 Å². The van der Waals surface area contributed by atoms with Gasteiger partial charge in [-0.2, -0.15) is 0 Å². The summed E-state index contributed by atoms with van der Waals surface area (Å²) in [4.78, 5) is 12.9. The molecule has 0 N–H and O–H groups in total. The summed E-state index contributed by atoms with van der Waals surface area (Å²) in [5.74, 6) is 0.426. The molecule has 5 aromatic rings. The Morgan fingerprint density at radius 1 is 0.600 bits per heavy atom. The van der Waals surface area contributed by atoms with Crippen molar-refractivity contribution in [3.63, 3.8) is 0 Å². The largest absolute Gasteiger partial charge is 0.300 e. The van der Waals surface area contributed by atoms with Crippen molar-refractivity contribution >= 4 is 60.6 Å². The molecule has 0 saturated heterocycles. The van der Waals surface area contributed by atoms with Gasteiger partial charge in [-0.25, -0.2) is 0 Å². The molecule has 30 heavy (non-hydrogen) atoms. The van der Waals surface area contributed by atoms with Crippen LogP contribution in [0.2, 0.25) is 0 Å². The fourth-order valence-electron chi connectivity index (χ4n) is 4.76. The molecule has 1 fully saturated rings. The van der Waals surface area contributed by atoms with Crippen molar-refractivity contribution in [3.05, 3.63) is 78.9 Å². The number of carbonyl (C=O) groups is 1. The van der Waals surface area contributed by atoms with E-state index in [1.807, 2.05) is 11.8 Å². The average Bonchev–Trinajstić information content (AvgIpc) is 2.77. The summed E-state index contributed by atoms with van der Waals surface area (Å²) in [6.07, 6.45) is 3.49. The molecule has 0 spiro atoms. The van der Waals surface area contributed by atoms with Crippen LogP contribution in [0, 0.1) is 0 Å². The van der Waals surface area contributed by atoms with Crippen LogP contribution in [0.25, 0.3) is 43.1 Å². The van der Waals surface area contributed by atoms with Crippen molar-refractivity contribution in [3.8, 4) is 0 Å². The number of thioether (sulfide) groups is 1. The molecule has 0 amide bonds. The number of fused-ring (bicyclic) bond motifs is 4. The first-order chi connectivity index (χ1) is 14.7. The maximum atomic E-state index is 11.6. The van der Waals surface area contributed by atoms with Gasteiger partial charge in [0.05, 0.1) is 0 Å². The highest BCUT2D eigenvalue weighted by Crippen LogP contribution is 2.38. The lowest BCUT2D eigenvalue weighted by molar-refractivity contribution is -0.120. The van der Waals surface area contributed by atoms with Crippen molar-refractivity contribution < 1.29 is 4.79 Å². The van der Waals surface area contributed by atoms with Gasteiger partial charge in [0.2, 0.25) is 0 Å². The van der Waals surface area contributed by atoms with E-state index < -0.39 is 0 Å². The van der Waals surface area contributed by atoms with E-state index in [1.54, 1.807) is 0 Å². The summed E-state index contributed by atoms with van der Waals surface area (Å²) in [6, 6.07) is 29.1. The summed E-state index contributed by atoms with van der Waals surface area (Å²) < 4.78 is 0. The monoisotopic (exact) mass is 406 g/mol. The van der Waals surface area contributed by atoms with Gasteiger partial charge in [0.25, 0.3) is 0 Å². The van der Waals surface area contributed by atoms with Crippen molar-refractivity contribution in [1.29, 1.82) is 0 Å². The Hall–Kier alpha value is -2.84. The molecule has 0 atom stereocenters. The average molecular weight is 407 g/mol. The van der Waals surface area contributed by atoms with Crippen molar-refractivity contribution in [1.82, 2.24) is 0 Å². The Morgan fingerprint density at radius 3 is 1.80 bits per heavy atom. The molecule has 1 aliphatic carbocycles. The van der Waals surface area contributed by atoms with Crippen LogP contribution in [0.15, 0.2) is 83.8 Å². The highest BCUT2D eigenvalue weighted by molar-refractivity contribution is 8.00. The van der Waals surface area contributed by atoms with E-state index in [0.717, 1.165) is 25.7 Å². The molecule has 146 valence electrons. The number of hydrogen-bond acceptors (Lipinski definition) is 2. The second-order valence-corrected chi connectivity index (χ2v) is 9.77. The lowest BCUT2D eigenvalue weighted by atomic mass is 9.97. The van der Waals surface area contributed by atoms with E-state index >= 15 is 0 Å². The molecule has 0 aliphatic heterocycles. The van der Waals surface area contributed by atoms with Crippen LogP contribution in [0.4, 0.5) is 0 Å². The number of carbonyl (C=O) groups excluding carboxylic acids is 1. The summed E-state index contributed by atoms with van der Waals surface area (Å²) in [7, 11) is 0. The second-order valence-electron chi connectivity index (χ2n) is 8.43. The predicted molar refractivity (Wildman–Crippen MR) is 130 cm³/mol. The minimum atomic E-state index is 0.426. The predicted octanol–water partition coefficient (Wildman–Crippen LogP) is 7.90. The summed E-state index contributed by atoms with van der Waals surface area (Å²) in [5.41, 5.74) is 0. The number of benzene rings is 5. The summed E-state index contributed by atoms with van der Waals surface area (Å²) in [5, 5.41) is 10.9. The molecule has 5 aromatic carbocycles. The Labute approximate surface area is 180 Å². The Bertz CT molecular complexity index is 1440. The zero-order valence-corrected chi connectivity index (χ0v) is 17.5. The lowest BCUT2D eigenvalue weighted by Gasteiger charge is -2.21. The van der Waals surface area contributed by atoms with Crippen molar-refractivity contribution in [2.24, 2.45) is 0 Å². The van der Waals surface area contributed by atoms with Crippen molar-refractivity contribution in [2.45, 2.75) is 35.8 Å². The van der Waals surface area contributed by atoms with Gasteiger partial charge >= 0.3 is 0 Å². The topological polar surface area (TPSA) is 17.1 Å². The van der Waals surface area contributed by atoms with Gasteiger partial charge in [-0.1, -0.05) is 36.4 Å². The first-order valence-corrected chi connectivity index (χ1v) is 11.6. The quantitative estimate of drug-likeness (QED) is 0.277. The van der Waals surface area contributed by atoms with Gasteiger partial charge in [-0.05, 0) is 98.4 Å². The molecule has 0 radical (unpaired) electrons. The molecule has 6 rings (SSSR count). The van der Waals surface area contributed by atoms with E-state index in [1.165, 1.54) is 48.0 Å². The van der Waals surface area contributed by atoms with Gasteiger partial charge in [0.1, 0.15) is 5.78 Å². The summed E-state index contributed by atoms with van der Waals surface area (Å²) in [6.45, 7) is 0. The fourth-order valence-corrected chi connectivity index (χ4v) is 6.05.